The fraction of sp³-hybridized carbons (Fsp3) is 0.652. The lowest BCUT2D eigenvalue weighted by Gasteiger charge is -2.21. The molecule has 0 saturated heterocycles. The average Bonchev–Trinajstić information content (AvgIpc) is 3.20. The van der Waals surface area contributed by atoms with Gasteiger partial charge in [0.05, 0.1) is 6.10 Å². The van der Waals surface area contributed by atoms with Crippen LogP contribution in [0, 0.1) is 0 Å². The molecule has 5 nitrogen and oxygen atoms in total. The van der Waals surface area contributed by atoms with Gasteiger partial charge in [0.1, 0.15) is 5.75 Å². The molecule has 0 heterocycles. The molecule has 1 N–H and O–H groups in total. The molecule has 0 unspecified atom stereocenters. The largest absolute Gasteiger partial charge is 0.490 e. The molecule has 0 aromatic heterocycles. The fourth-order valence-corrected chi connectivity index (χ4v) is 3.69. The third kappa shape index (κ3) is 7.53. The zero-order valence-electron chi connectivity index (χ0n) is 17.5. The Hall–Kier alpha value is -2.04. The van der Waals surface area contributed by atoms with E-state index < -0.39 is 0 Å². The highest BCUT2D eigenvalue weighted by Gasteiger charge is 2.18. The summed E-state index contributed by atoms with van der Waals surface area (Å²) in [6.45, 7) is 6.23. The molecule has 2 rings (SSSR count). The first-order valence-electron chi connectivity index (χ1n) is 10.9. The number of carbonyl (C=O) groups is 2. The molecule has 0 radical (unpaired) electrons. The number of amides is 2. The number of nitrogens with one attached hydrogen (secondary N) is 1. The lowest BCUT2D eigenvalue weighted by atomic mass is 10.1. The van der Waals surface area contributed by atoms with E-state index in [0.717, 1.165) is 50.1 Å². The SMILES string of the molecule is CCCN(CCC)C(=O)CCCC(=O)NCc1ccccc1OC1CCCC1. The van der Waals surface area contributed by atoms with Crippen molar-refractivity contribution in [1.29, 1.82) is 0 Å². The molecule has 1 fully saturated rings. The third-order valence-corrected chi connectivity index (χ3v) is 5.18. The second-order valence-corrected chi connectivity index (χ2v) is 7.64. The summed E-state index contributed by atoms with van der Waals surface area (Å²) < 4.78 is 6.12. The smallest absolute Gasteiger partial charge is 0.222 e. The predicted octanol–water partition coefficient (Wildman–Crippen LogP) is 4.44. The van der Waals surface area contributed by atoms with Gasteiger partial charge in [-0.25, -0.2) is 0 Å². The highest BCUT2D eigenvalue weighted by Crippen LogP contribution is 2.26. The normalized spacial score (nSPS) is 14.1. The molecule has 1 saturated carbocycles. The van der Waals surface area contributed by atoms with Crippen LogP contribution >= 0.6 is 0 Å². The van der Waals surface area contributed by atoms with Crippen LogP contribution in [0.1, 0.15) is 77.2 Å². The van der Waals surface area contributed by atoms with Crippen LogP contribution in [0.25, 0.3) is 0 Å². The summed E-state index contributed by atoms with van der Waals surface area (Å²) in [4.78, 5) is 26.4. The Labute approximate surface area is 169 Å². The van der Waals surface area contributed by atoms with E-state index in [2.05, 4.69) is 19.2 Å². The van der Waals surface area contributed by atoms with Crippen LogP contribution in [-0.4, -0.2) is 35.9 Å². The molecule has 1 aromatic carbocycles. The van der Waals surface area contributed by atoms with Crippen molar-refractivity contribution in [2.24, 2.45) is 0 Å². The number of ether oxygens (including phenoxy) is 1. The van der Waals surface area contributed by atoms with Crippen molar-refractivity contribution in [2.45, 2.75) is 84.3 Å². The minimum atomic E-state index is -0.0130. The van der Waals surface area contributed by atoms with Crippen molar-refractivity contribution < 1.29 is 14.3 Å². The van der Waals surface area contributed by atoms with Crippen LogP contribution in [0.3, 0.4) is 0 Å². The van der Waals surface area contributed by atoms with E-state index in [0.29, 0.717) is 31.9 Å². The van der Waals surface area contributed by atoms with Crippen LogP contribution in [0.15, 0.2) is 24.3 Å². The van der Waals surface area contributed by atoms with Crippen LogP contribution < -0.4 is 10.1 Å². The van der Waals surface area contributed by atoms with E-state index in [1.165, 1.54) is 12.8 Å². The Morgan fingerprint density at radius 2 is 1.75 bits per heavy atom. The number of hydrogen-bond acceptors (Lipinski definition) is 3. The van der Waals surface area contributed by atoms with Crippen molar-refractivity contribution in [1.82, 2.24) is 10.2 Å². The van der Waals surface area contributed by atoms with E-state index in [9.17, 15) is 9.59 Å². The van der Waals surface area contributed by atoms with Gasteiger partial charge in [-0.1, -0.05) is 32.0 Å². The third-order valence-electron chi connectivity index (χ3n) is 5.18. The fourth-order valence-electron chi connectivity index (χ4n) is 3.69. The number of hydrogen-bond donors (Lipinski definition) is 1. The molecule has 5 heteroatoms. The highest BCUT2D eigenvalue weighted by atomic mass is 16.5. The van der Waals surface area contributed by atoms with Gasteiger partial charge < -0.3 is 15.0 Å². The lowest BCUT2D eigenvalue weighted by molar-refractivity contribution is -0.131. The Morgan fingerprint density at radius 1 is 1.07 bits per heavy atom. The number of para-hydroxylation sites is 1. The Morgan fingerprint density at radius 3 is 2.43 bits per heavy atom. The minimum Gasteiger partial charge on any atom is -0.490 e. The summed E-state index contributed by atoms with van der Waals surface area (Å²) in [5, 5.41) is 2.97. The van der Waals surface area contributed by atoms with E-state index in [-0.39, 0.29) is 11.8 Å². The van der Waals surface area contributed by atoms with E-state index in [1.807, 2.05) is 29.2 Å². The van der Waals surface area contributed by atoms with Crippen LogP contribution in [0.4, 0.5) is 0 Å². The van der Waals surface area contributed by atoms with Crippen LogP contribution in [-0.2, 0) is 16.1 Å². The summed E-state index contributed by atoms with van der Waals surface area (Å²) in [6, 6.07) is 7.92. The quantitative estimate of drug-likeness (QED) is 0.576. The molecular weight excluding hydrogens is 352 g/mol. The molecule has 2 amide bonds. The standard InChI is InChI=1S/C23H36N2O3/c1-3-16-25(17-4-2)23(27)15-9-14-22(26)24-18-19-10-5-8-13-21(19)28-20-11-6-7-12-20/h5,8,10,13,20H,3-4,6-7,9,11-12,14-18H2,1-2H3,(H,24,26). The van der Waals surface area contributed by atoms with E-state index in [4.69, 9.17) is 4.74 Å². The van der Waals surface area contributed by atoms with Crippen molar-refractivity contribution >= 4 is 11.8 Å². The monoisotopic (exact) mass is 388 g/mol. The summed E-state index contributed by atoms with van der Waals surface area (Å²) in [6.07, 6.45) is 8.34. The summed E-state index contributed by atoms with van der Waals surface area (Å²) in [7, 11) is 0. The van der Waals surface area contributed by atoms with Gasteiger partial charge in [-0.3, -0.25) is 9.59 Å². The van der Waals surface area contributed by atoms with Gasteiger partial charge in [-0.05, 0) is 51.0 Å². The maximum Gasteiger partial charge on any atom is 0.222 e. The van der Waals surface area contributed by atoms with E-state index >= 15 is 0 Å². The zero-order valence-corrected chi connectivity index (χ0v) is 17.5. The van der Waals surface area contributed by atoms with Gasteiger partial charge in [0, 0.05) is 38.0 Å². The number of rotatable bonds is 12. The molecule has 1 aromatic rings. The molecule has 1 aliphatic carbocycles. The summed E-state index contributed by atoms with van der Waals surface area (Å²) in [5.41, 5.74) is 1.01. The maximum absolute atomic E-state index is 12.3. The zero-order chi connectivity index (χ0) is 20.2. The predicted molar refractivity (Wildman–Crippen MR) is 112 cm³/mol. The molecule has 0 bridgehead atoms. The van der Waals surface area contributed by atoms with Gasteiger partial charge >= 0.3 is 0 Å². The number of carbonyl (C=O) groups excluding carboxylic acids is 2. The Balaban J connectivity index is 1.73. The first kappa shape index (κ1) is 22.3. The van der Waals surface area contributed by atoms with Gasteiger partial charge in [-0.15, -0.1) is 0 Å². The second-order valence-electron chi connectivity index (χ2n) is 7.64. The molecular formula is C23H36N2O3. The van der Waals surface area contributed by atoms with Gasteiger partial charge in [0.2, 0.25) is 11.8 Å². The summed E-state index contributed by atoms with van der Waals surface area (Å²) in [5.74, 6) is 1.02. The molecule has 0 atom stereocenters. The van der Waals surface area contributed by atoms with Crippen LogP contribution in [0.5, 0.6) is 5.75 Å². The first-order chi connectivity index (χ1) is 13.6. The van der Waals surface area contributed by atoms with Crippen molar-refractivity contribution in [3.8, 4) is 5.75 Å². The first-order valence-corrected chi connectivity index (χ1v) is 10.9. The number of nitrogens with zero attached hydrogens (tertiary/aromatic N) is 1. The van der Waals surface area contributed by atoms with Gasteiger partial charge in [0.15, 0.2) is 0 Å². The lowest BCUT2D eigenvalue weighted by Crippen LogP contribution is -2.32. The number of benzene rings is 1. The molecule has 1 aliphatic rings. The summed E-state index contributed by atoms with van der Waals surface area (Å²) >= 11 is 0. The molecule has 0 spiro atoms. The second kappa shape index (κ2) is 12.4. The van der Waals surface area contributed by atoms with Crippen LogP contribution in [0.2, 0.25) is 0 Å². The van der Waals surface area contributed by atoms with Crippen molar-refractivity contribution in [2.75, 3.05) is 13.1 Å². The topological polar surface area (TPSA) is 58.6 Å². The van der Waals surface area contributed by atoms with Crippen molar-refractivity contribution in [3.05, 3.63) is 29.8 Å². The maximum atomic E-state index is 12.3. The minimum absolute atomic E-state index is 0.0130. The molecule has 28 heavy (non-hydrogen) atoms. The highest BCUT2D eigenvalue weighted by molar-refractivity contribution is 5.79. The molecule has 0 aliphatic heterocycles. The molecule has 156 valence electrons. The Kier molecular flexibility index (Phi) is 9.87. The Bertz CT molecular complexity index is 606. The van der Waals surface area contributed by atoms with Gasteiger partial charge in [-0.2, -0.15) is 0 Å². The average molecular weight is 389 g/mol. The van der Waals surface area contributed by atoms with E-state index in [1.54, 1.807) is 0 Å². The van der Waals surface area contributed by atoms with Gasteiger partial charge in [0.25, 0.3) is 0 Å². The van der Waals surface area contributed by atoms with Crippen molar-refractivity contribution in [3.63, 3.8) is 0 Å².